The summed E-state index contributed by atoms with van der Waals surface area (Å²) in [5, 5.41) is 4.43. The summed E-state index contributed by atoms with van der Waals surface area (Å²) in [5.74, 6) is 0.941. The summed E-state index contributed by atoms with van der Waals surface area (Å²) in [6.07, 6.45) is 3.15. The second-order valence-corrected chi connectivity index (χ2v) is 5.84. The van der Waals surface area contributed by atoms with E-state index in [-0.39, 0.29) is 5.69 Å². The highest BCUT2D eigenvalue weighted by Crippen LogP contribution is 2.11. The largest absolute Gasteiger partial charge is 0.346 e. The second-order valence-electron chi connectivity index (χ2n) is 4.59. The lowest BCUT2D eigenvalue weighted by molar-refractivity contribution is 0.511. The summed E-state index contributed by atoms with van der Waals surface area (Å²) in [6.45, 7) is 1.39. The first-order chi connectivity index (χ1) is 8.74. The number of halogens is 1. The molecule has 4 nitrogen and oxygen atoms in total. The molecule has 0 aliphatic carbocycles. The van der Waals surface area contributed by atoms with Crippen LogP contribution < -0.4 is 5.69 Å². The topological polar surface area (TPSA) is 39.8 Å². The van der Waals surface area contributed by atoms with Crippen LogP contribution >= 0.6 is 22.6 Å². The molecule has 1 aliphatic heterocycles. The molecule has 0 atom stereocenters. The van der Waals surface area contributed by atoms with E-state index in [1.807, 2.05) is 16.7 Å². The summed E-state index contributed by atoms with van der Waals surface area (Å²) in [4.78, 5) is 12.1. The third kappa shape index (κ3) is 2.23. The van der Waals surface area contributed by atoms with Gasteiger partial charge in [0, 0.05) is 16.5 Å². The van der Waals surface area contributed by atoms with Crippen molar-refractivity contribution in [2.75, 3.05) is 0 Å². The number of aromatic nitrogens is 3. The lowest BCUT2D eigenvalue weighted by Crippen LogP contribution is -2.27. The summed E-state index contributed by atoms with van der Waals surface area (Å²) in [7, 11) is 0. The van der Waals surface area contributed by atoms with Crippen molar-refractivity contribution in [3.05, 3.63) is 49.7 Å². The van der Waals surface area contributed by atoms with Crippen LogP contribution in [0, 0.1) is 3.57 Å². The first kappa shape index (κ1) is 12.0. The van der Waals surface area contributed by atoms with Crippen LogP contribution in [0.3, 0.4) is 0 Å². The SMILES string of the molecule is O=c1n(Cc2ccc(I)cc2)nc2n1CCCC2. The van der Waals surface area contributed by atoms with Crippen LogP contribution in [0.15, 0.2) is 29.1 Å². The number of hydrogen-bond donors (Lipinski definition) is 0. The maximum absolute atomic E-state index is 12.1. The van der Waals surface area contributed by atoms with Crippen molar-refractivity contribution < 1.29 is 0 Å². The molecule has 94 valence electrons. The molecule has 1 aromatic carbocycles. The third-order valence-electron chi connectivity index (χ3n) is 3.28. The first-order valence-corrected chi connectivity index (χ1v) is 7.23. The average Bonchev–Trinajstić information content (AvgIpc) is 2.70. The fourth-order valence-electron chi connectivity index (χ4n) is 2.31. The van der Waals surface area contributed by atoms with E-state index in [2.05, 4.69) is 39.8 Å². The second kappa shape index (κ2) is 4.87. The summed E-state index contributed by atoms with van der Waals surface area (Å²) in [6, 6.07) is 8.20. The third-order valence-corrected chi connectivity index (χ3v) is 4.00. The Kier molecular flexibility index (Phi) is 3.23. The summed E-state index contributed by atoms with van der Waals surface area (Å²) >= 11 is 2.28. The van der Waals surface area contributed by atoms with Gasteiger partial charge in [-0.05, 0) is 53.1 Å². The quantitative estimate of drug-likeness (QED) is 0.774. The van der Waals surface area contributed by atoms with Crippen molar-refractivity contribution >= 4 is 22.6 Å². The fraction of sp³-hybridized carbons (Fsp3) is 0.385. The van der Waals surface area contributed by atoms with E-state index in [4.69, 9.17) is 0 Å². The van der Waals surface area contributed by atoms with Gasteiger partial charge in [0.15, 0.2) is 0 Å². The van der Waals surface area contributed by atoms with E-state index in [1.165, 1.54) is 3.57 Å². The van der Waals surface area contributed by atoms with Gasteiger partial charge < -0.3 is 0 Å². The van der Waals surface area contributed by atoms with E-state index >= 15 is 0 Å². The number of benzene rings is 1. The Morgan fingerprint density at radius 3 is 2.72 bits per heavy atom. The zero-order chi connectivity index (χ0) is 12.5. The van der Waals surface area contributed by atoms with Crippen LogP contribution in [0.5, 0.6) is 0 Å². The molecular weight excluding hydrogens is 341 g/mol. The Morgan fingerprint density at radius 2 is 2.00 bits per heavy atom. The molecule has 1 aromatic heterocycles. The zero-order valence-electron chi connectivity index (χ0n) is 9.97. The molecule has 2 heterocycles. The van der Waals surface area contributed by atoms with Crippen LogP contribution in [0.2, 0.25) is 0 Å². The molecule has 5 heteroatoms. The smallest absolute Gasteiger partial charge is 0.279 e. The van der Waals surface area contributed by atoms with E-state index in [0.29, 0.717) is 6.54 Å². The summed E-state index contributed by atoms with van der Waals surface area (Å²) in [5.41, 5.74) is 1.15. The lowest BCUT2D eigenvalue weighted by Gasteiger charge is -2.09. The van der Waals surface area contributed by atoms with Gasteiger partial charge in [-0.15, -0.1) is 0 Å². The molecule has 0 saturated carbocycles. The Bertz CT molecular complexity index is 612. The number of nitrogens with zero attached hydrogens (tertiary/aromatic N) is 3. The van der Waals surface area contributed by atoms with Crippen molar-refractivity contribution in [1.82, 2.24) is 14.3 Å². The molecule has 0 radical (unpaired) electrons. The van der Waals surface area contributed by atoms with Gasteiger partial charge in [0.05, 0.1) is 6.54 Å². The first-order valence-electron chi connectivity index (χ1n) is 6.15. The molecule has 0 N–H and O–H groups in total. The van der Waals surface area contributed by atoms with Crippen molar-refractivity contribution in [2.45, 2.75) is 32.4 Å². The van der Waals surface area contributed by atoms with Crippen molar-refractivity contribution in [3.8, 4) is 0 Å². The van der Waals surface area contributed by atoms with Gasteiger partial charge in [-0.2, -0.15) is 5.10 Å². The Hall–Kier alpha value is -1.11. The molecule has 3 rings (SSSR count). The molecule has 0 amide bonds. The highest BCUT2D eigenvalue weighted by atomic mass is 127. The number of aryl methyl sites for hydroxylation is 1. The van der Waals surface area contributed by atoms with Crippen LogP contribution in [-0.2, 0) is 19.5 Å². The molecule has 0 fully saturated rings. The van der Waals surface area contributed by atoms with Gasteiger partial charge in [-0.25, -0.2) is 9.48 Å². The van der Waals surface area contributed by atoms with Crippen molar-refractivity contribution in [3.63, 3.8) is 0 Å². The lowest BCUT2D eigenvalue weighted by atomic mass is 10.2. The standard InChI is InChI=1S/C13H14IN3O/c14-11-6-4-10(5-7-11)9-17-13(18)16-8-2-1-3-12(16)15-17/h4-7H,1-3,8-9H2. The van der Waals surface area contributed by atoms with Gasteiger partial charge in [0.25, 0.3) is 0 Å². The minimum absolute atomic E-state index is 0.0308. The van der Waals surface area contributed by atoms with Gasteiger partial charge in [0.2, 0.25) is 0 Å². The van der Waals surface area contributed by atoms with Gasteiger partial charge in [-0.1, -0.05) is 12.1 Å². The molecule has 1 aliphatic rings. The number of rotatable bonds is 2. The Labute approximate surface area is 119 Å². The molecule has 18 heavy (non-hydrogen) atoms. The zero-order valence-corrected chi connectivity index (χ0v) is 12.1. The van der Waals surface area contributed by atoms with Gasteiger partial charge >= 0.3 is 5.69 Å². The molecule has 2 aromatic rings. The normalized spacial score (nSPS) is 14.5. The molecule has 0 saturated heterocycles. The van der Waals surface area contributed by atoms with Crippen LogP contribution in [0.1, 0.15) is 24.2 Å². The molecule has 0 unspecified atom stereocenters. The van der Waals surface area contributed by atoms with Crippen molar-refractivity contribution in [2.24, 2.45) is 0 Å². The van der Waals surface area contributed by atoms with Crippen LogP contribution in [-0.4, -0.2) is 14.3 Å². The molecule has 0 bridgehead atoms. The van der Waals surface area contributed by atoms with E-state index in [1.54, 1.807) is 4.68 Å². The minimum atomic E-state index is 0.0308. The maximum Gasteiger partial charge on any atom is 0.346 e. The number of fused-ring (bicyclic) bond motifs is 1. The molecule has 0 spiro atoms. The van der Waals surface area contributed by atoms with Crippen molar-refractivity contribution in [1.29, 1.82) is 0 Å². The highest BCUT2D eigenvalue weighted by Gasteiger charge is 2.16. The monoisotopic (exact) mass is 355 g/mol. The highest BCUT2D eigenvalue weighted by molar-refractivity contribution is 14.1. The summed E-state index contributed by atoms with van der Waals surface area (Å²) < 4.78 is 4.60. The minimum Gasteiger partial charge on any atom is -0.279 e. The van der Waals surface area contributed by atoms with Gasteiger partial charge in [-0.3, -0.25) is 4.57 Å². The average molecular weight is 355 g/mol. The van der Waals surface area contributed by atoms with E-state index in [9.17, 15) is 4.79 Å². The molecular formula is C13H14IN3O. The predicted octanol–water partition coefficient (Wildman–Crippen LogP) is 2.03. The maximum atomic E-state index is 12.1. The van der Waals surface area contributed by atoms with E-state index in [0.717, 1.165) is 37.2 Å². The Balaban J connectivity index is 1.91. The van der Waals surface area contributed by atoms with Crippen LogP contribution in [0.25, 0.3) is 0 Å². The predicted molar refractivity (Wildman–Crippen MR) is 77.7 cm³/mol. The van der Waals surface area contributed by atoms with Crippen LogP contribution in [0.4, 0.5) is 0 Å². The number of hydrogen-bond acceptors (Lipinski definition) is 2. The Morgan fingerprint density at radius 1 is 1.22 bits per heavy atom. The van der Waals surface area contributed by atoms with Gasteiger partial charge in [0.1, 0.15) is 5.82 Å². The van der Waals surface area contributed by atoms with E-state index < -0.39 is 0 Å². The fourth-order valence-corrected chi connectivity index (χ4v) is 2.67.